The van der Waals surface area contributed by atoms with Crippen LogP contribution in [0.4, 0.5) is 8.78 Å². The first-order valence-electron chi connectivity index (χ1n) is 6.92. The lowest BCUT2D eigenvalue weighted by atomic mass is 10.1. The number of carbonyl (C=O) groups excluding carboxylic acids is 1. The second-order valence-electron chi connectivity index (χ2n) is 5.34. The third-order valence-electron chi connectivity index (χ3n) is 3.43. The van der Waals surface area contributed by atoms with Crippen LogP contribution in [0.2, 0.25) is 10.0 Å². The van der Waals surface area contributed by atoms with Crippen molar-refractivity contribution in [2.24, 2.45) is 0 Å². The van der Waals surface area contributed by atoms with Crippen molar-refractivity contribution >= 4 is 50.0 Å². The number of nitrogens with one attached hydrogen (secondary N) is 1. The van der Waals surface area contributed by atoms with E-state index in [1.807, 2.05) is 0 Å². The molecule has 0 atom stereocenters. The molecule has 0 saturated carbocycles. The van der Waals surface area contributed by atoms with Gasteiger partial charge >= 0.3 is 0 Å². The monoisotopic (exact) mass is 419 g/mol. The zero-order valence-corrected chi connectivity index (χ0v) is 15.3. The summed E-state index contributed by atoms with van der Waals surface area (Å²) in [5, 5.41) is 4.10. The fourth-order valence-electron chi connectivity index (χ4n) is 2.33. The van der Waals surface area contributed by atoms with Crippen molar-refractivity contribution in [1.29, 1.82) is 0 Å². The summed E-state index contributed by atoms with van der Waals surface area (Å²) in [6, 6.07) is 4.41. The standard InChI is InChI=1S/C15H9Cl2F2N3O3S/c1-26(24,25)21-15(23)7-4-9(16)13(5-11(7)19)22-12-3-2-10(18)14(17)8(12)6-20-22/h2-6H,1H3,(H,21,23). The number of sulfonamides is 1. The summed E-state index contributed by atoms with van der Waals surface area (Å²) in [5.74, 6) is -2.81. The van der Waals surface area contributed by atoms with E-state index in [0.29, 0.717) is 10.9 Å². The molecule has 0 unspecified atom stereocenters. The Balaban J connectivity index is 2.12. The zero-order chi connectivity index (χ0) is 19.2. The molecule has 0 aliphatic carbocycles. The number of benzene rings is 2. The molecular formula is C15H9Cl2F2N3O3S. The molecule has 26 heavy (non-hydrogen) atoms. The largest absolute Gasteiger partial charge is 0.268 e. The lowest BCUT2D eigenvalue weighted by Crippen LogP contribution is -2.30. The van der Waals surface area contributed by atoms with Crippen LogP contribution in [0.5, 0.6) is 0 Å². The van der Waals surface area contributed by atoms with Crippen molar-refractivity contribution in [3.63, 3.8) is 0 Å². The van der Waals surface area contributed by atoms with Crippen LogP contribution in [0.25, 0.3) is 16.6 Å². The highest BCUT2D eigenvalue weighted by Gasteiger charge is 2.20. The third kappa shape index (κ3) is 3.37. The van der Waals surface area contributed by atoms with Crippen LogP contribution >= 0.6 is 23.2 Å². The quantitative estimate of drug-likeness (QED) is 0.705. The number of halogens is 4. The first kappa shape index (κ1) is 18.6. The van der Waals surface area contributed by atoms with E-state index in [4.69, 9.17) is 23.2 Å². The minimum Gasteiger partial charge on any atom is -0.268 e. The van der Waals surface area contributed by atoms with Crippen molar-refractivity contribution in [3.8, 4) is 5.69 Å². The molecule has 1 amide bonds. The molecular weight excluding hydrogens is 411 g/mol. The summed E-state index contributed by atoms with van der Waals surface area (Å²) >= 11 is 12.0. The van der Waals surface area contributed by atoms with Gasteiger partial charge in [-0.1, -0.05) is 23.2 Å². The van der Waals surface area contributed by atoms with Crippen LogP contribution in [0.3, 0.4) is 0 Å². The summed E-state index contributed by atoms with van der Waals surface area (Å²) in [6.07, 6.45) is 2.05. The van der Waals surface area contributed by atoms with E-state index >= 15 is 0 Å². The zero-order valence-electron chi connectivity index (χ0n) is 12.9. The molecule has 0 aliphatic rings. The van der Waals surface area contributed by atoms with E-state index < -0.39 is 33.1 Å². The van der Waals surface area contributed by atoms with Crippen LogP contribution in [0.15, 0.2) is 30.5 Å². The predicted molar refractivity (Wildman–Crippen MR) is 93.3 cm³/mol. The maximum absolute atomic E-state index is 14.3. The lowest BCUT2D eigenvalue weighted by molar-refractivity contribution is 0.0978. The highest BCUT2D eigenvalue weighted by atomic mass is 35.5. The molecule has 3 aromatic rings. The Labute approximate surface area is 156 Å². The van der Waals surface area contributed by atoms with Crippen molar-refractivity contribution < 1.29 is 22.0 Å². The Morgan fingerprint density at radius 2 is 1.88 bits per heavy atom. The van der Waals surface area contributed by atoms with Crippen LogP contribution in [-0.4, -0.2) is 30.4 Å². The van der Waals surface area contributed by atoms with Gasteiger partial charge in [-0.2, -0.15) is 5.10 Å². The first-order chi connectivity index (χ1) is 12.1. The number of hydrogen-bond donors (Lipinski definition) is 1. The molecule has 0 radical (unpaired) electrons. The van der Waals surface area contributed by atoms with Gasteiger partial charge in [0.1, 0.15) is 11.6 Å². The van der Waals surface area contributed by atoms with Gasteiger partial charge in [-0.3, -0.25) is 4.79 Å². The Bertz CT molecular complexity index is 1160. The molecule has 0 fully saturated rings. The molecule has 6 nitrogen and oxygen atoms in total. The van der Waals surface area contributed by atoms with Gasteiger partial charge in [-0.15, -0.1) is 0 Å². The third-order valence-corrected chi connectivity index (χ3v) is 4.67. The maximum atomic E-state index is 14.3. The van der Waals surface area contributed by atoms with Crippen LogP contribution in [0.1, 0.15) is 10.4 Å². The van der Waals surface area contributed by atoms with Gasteiger partial charge in [0.25, 0.3) is 5.91 Å². The van der Waals surface area contributed by atoms with Crippen LogP contribution < -0.4 is 4.72 Å². The molecule has 136 valence electrons. The average Bonchev–Trinajstić information content (AvgIpc) is 2.95. The first-order valence-corrected chi connectivity index (χ1v) is 9.56. The normalized spacial score (nSPS) is 11.7. The Hall–Kier alpha value is -2.23. The summed E-state index contributed by atoms with van der Waals surface area (Å²) < 4.78 is 53.0. The van der Waals surface area contributed by atoms with Crippen molar-refractivity contribution in [3.05, 3.63) is 57.7 Å². The fourth-order valence-corrected chi connectivity index (χ4v) is 3.23. The molecule has 0 bridgehead atoms. The van der Waals surface area contributed by atoms with Gasteiger partial charge in [-0.05, 0) is 18.2 Å². The van der Waals surface area contributed by atoms with Crippen LogP contribution in [-0.2, 0) is 10.0 Å². The van der Waals surface area contributed by atoms with Gasteiger partial charge in [0, 0.05) is 11.5 Å². The molecule has 1 heterocycles. The molecule has 0 aliphatic heterocycles. The Morgan fingerprint density at radius 1 is 1.19 bits per heavy atom. The number of nitrogens with zero attached hydrogens (tertiary/aromatic N) is 2. The number of carbonyl (C=O) groups is 1. The minimum atomic E-state index is -3.87. The lowest BCUT2D eigenvalue weighted by Gasteiger charge is -2.10. The summed E-state index contributed by atoms with van der Waals surface area (Å²) in [6.45, 7) is 0. The van der Waals surface area contributed by atoms with E-state index in [1.165, 1.54) is 16.9 Å². The van der Waals surface area contributed by atoms with Gasteiger partial charge in [-0.25, -0.2) is 26.6 Å². The SMILES string of the molecule is CS(=O)(=O)NC(=O)c1cc(Cl)c(-n2ncc3c(Cl)c(F)ccc32)cc1F. The predicted octanol–water partition coefficient (Wildman–Crippen LogP) is 3.30. The number of amides is 1. The van der Waals surface area contributed by atoms with E-state index in [-0.39, 0.29) is 15.7 Å². The number of aromatic nitrogens is 2. The molecule has 1 N–H and O–H groups in total. The van der Waals surface area contributed by atoms with Crippen molar-refractivity contribution in [2.45, 2.75) is 0 Å². The van der Waals surface area contributed by atoms with E-state index in [0.717, 1.165) is 24.5 Å². The van der Waals surface area contributed by atoms with Gasteiger partial charge in [0.2, 0.25) is 10.0 Å². The average molecular weight is 420 g/mol. The summed E-state index contributed by atoms with van der Waals surface area (Å²) in [4.78, 5) is 11.9. The molecule has 3 rings (SSSR count). The molecule has 1 aromatic heterocycles. The number of rotatable bonds is 3. The second-order valence-corrected chi connectivity index (χ2v) is 7.87. The number of hydrogen-bond acceptors (Lipinski definition) is 4. The summed E-state index contributed by atoms with van der Waals surface area (Å²) in [7, 11) is -3.87. The summed E-state index contributed by atoms with van der Waals surface area (Å²) in [5.41, 5.74) is -0.117. The fraction of sp³-hybridized carbons (Fsp3) is 0.0667. The molecule has 0 saturated heterocycles. The Kier molecular flexibility index (Phi) is 4.63. The van der Waals surface area contributed by atoms with Gasteiger partial charge in [0.05, 0.1) is 39.3 Å². The van der Waals surface area contributed by atoms with Gasteiger partial charge < -0.3 is 0 Å². The highest BCUT2D eigenvalue weighted by Crippen LogP contribution is 2.31. The van der Waals surface area contributed by atoms with Crippen LogP contribution in [0, 0.1) is 11.6 Å². The second kappa shape index (κ2) is 6.49. The Morgan fingerprint density at radius 3 is 2.54 bits per heavy atom. The smallest absolute Gasteiger partial charge is 0.267 e. The topological polar surface area (TPSA) is 81.1 Å². The minimum absolute atomic E-state index is 0.0674. The molecule has 2 aromatic carbocycles. The molecule has 11 heteroatoms. The van der Waals surface area contributed by atoms with E-state index in [9.17, 15) is 22.0 Å². The molecule has 0 spiro atoms. The number of fused-ring (bicyclic) bond motifs is 1. The van der Waals surface area contributed by atoms with Crippen molar-refractivity contribution in [2.75, 3.05) is 6.26 Å². The van der Waals surface area contributed by atoms with Crippen molar-refractivity contribution in [1.82, 2.24) is 14.5 Å². The highest BCUT2D eigenvalue weighted by molar-refractivity contribution is 7.89. The maximum Gasteiger partial charge on any atom is 0.267 e. The van der Waals surface area contributed by atoms with E-state index in [1.54, 1.807) is 4.72 Å². The van der Waals surface area contributed by atoms with Gasteiger partial charge in [0.15, 0.2) is 0 Å². The van der Waals surface area contributed by atoms with E-state index in [2.05, 4.69) is 5.10 Å².